The molecule has 4 nitrogen and oxygen atoms in total. The molecule has 1 aliphatic carbocycles. The third-order valence-corrected chi connectivity index (χ3v) is 4.76. The molecule has 4 heteroatoms. The summed E-state index contributed by atoms with van der Waals surface area (Å²) in [6.07, 6.45) is 4.40. The van der Waals surface area contributed by atoms with Crippen LogP contribution in [0.15, 0.2) is 30.3 Å². The molecule has 1 aliphatic rings. The van der Waals surface area contributed by atoms with E-state index in [0.29, 0.717) is 5.56 Å². The highest BCUT2D eigenvalue weighted by Gasteiger charge is 2.48. The summed E-state index contributed by atoms with van der Waals surface area (Å²) < 4.78 is 5.62. The predicted molar refractivity (Wildman–Crippen MR) is 91.0 cm³/mol. The van der Waals surface area contributed by atoms with E-state index in [1.807, 2.05) is 51.4 Å². The fourth-order valence-corrected chi connectivity index (χ4v) is 3.33. The van der Waals surface area contributed by atoms with Gasteiger partial charge in [-0.15, -0.1) is 0 Å². The van der Waals surface area contributed by atoms with Crippen LogP contribution in [0.4, 0.5) is 0 Å². The smallest absolute Gasteiger partial charge is 0.343 e. The van der Waals surface area contributed by atoms with E-state index in [4.69, 9.17) is 4.74 Å². The SMILES string of the molecule is C[C@H](CCN(C)C)OC(=O)C(O)(c1ccccc1)C1CCCC1. The first-order valence-electron chi connectivity index (χ1n) is 8.58. The van der Waals surface area contributed by atoms with Crippen molar-refractivity contribution in [3.05, 3.63) is 35.9 Å². The third-order valence-electron chi connectivity index (χ3n) is 4.76. The van der Waals surface area contributed by atoms with Crippen molar-refractivity contribution in [2.45, 2.75) is 50.7 Å². The molecule has 0 aromatic heterocycles. The largest absolute Gasteiger partial charge is 0.460 e. The molecule has 1 aromatic carbocycles. The Labute approximate surface area is 139 Å². The summed E-state index contributed by atoms with van der Waals surface area (Å²) in [7, 11) is 3.99. The number of hydrogen-bond donors (Lipinski definition) is 1. The molecule has 0 spiro atoms. The molecule has 2 rings (SSSR count). The Kier molecular flexibility index (Phi) is 6.19. The van der Waals surface area contributed by atoms with Crippen LogP contribution in [0.5, 0.6) is 0 Å². The minimum absolute atomic E-state index is 0.0570. The third kappa shape index (κ3) is 4.33. The second-order valence-electron chi connectivity index (χ2n) is 6.92. The van der Waals surface area contributed by atoms with Gasteiger partial charge in [-0.1, -0.05) is 43.2 Å². The zero-order valence-electron chi connectivity index (χ0n) is 14.5. The molecule has 1 aromatic rings. The lowest BCUT2D eigenvalue weighted by Gasteiger charge is -2.33. The van der Waals surface area contributed by atoms with Gasteiger partial charge in [-0.3, -0.25) is 0 Å². The van der Waals surface area contributed by atoms with Crippen molar-refractivity contribution in [2.24, 2.45) is 5.92 Å². The molecule has 0 amide bonds. The summed E-state index contributed by atoms with van der Waals surface area (Å²) in [5.74, 6) is -0.555. The molecular weight excluding hydrogens is 290 g/mol. The van der Waals surface area contributed by atoms with Gasteiger partial charge in [-0.25, -0.2) is 4.79 Å². The molecular formula is C19H29NO3. The van der Waals surface area contributed by atoms with Crippen LogP contribution >= 0.6 is 0 Å². The highest BCUT2D eigenvalue weighted by molar-refractivity contribution is 5.81. The molecule has 0 saturated heterocycles. The lowest BCUT2D eigenvalue weighted by Crippen LogP contribution is -2.44. The lowest BCUT2D eigenvalue weighted by molar-refractivity contribution is -0.179. The first-order valence-corrected chi connectivity index (χ1v) is 8.58. The first-order chi connectivity index (χ1) is 10.9. The second kappa shape index (κ2) is 7.93. The van der Waals surface area contributed by atoms with Crippen molar-refractivity contribution >= 4 is 5.97 Å². The van der Waals surface area contributed by atoms with Crippen molar-refractivity contribution < 1.29 is 14.6 Å². The Balaban J connectivity index is 2.15. The van der Waals surface area contributed by atoms with Crippen LogP contribution in [0.25, 0.3) is 0 Å². The molecule has 0 bridgehead atoms. The Morgan fingerprint density at radius 3 is 2.48 bits per heavy atom. The number of benzene rings is 1. The van der Waals surface area contributed by atoms with Crippen LogP contribution in [-0.2, 0) is 15.1 Å². The number of hydrogen-bond acceptors (Lipinski definition) is 4. The maximum Gasteiger partial charge on any atom is 0.343 e. The van der Waals surface area contributed by atoms with Crippen LogP contribution < -0.4 is 0 Å². The van der Waals surface area contributed by atoms with E-state index in [0.717, 1.165) is 38.6 Å². The van der Waals surface area contributed by atoms with E-state index >= 15 is 0 Å². The zero-order chi connectivity index (χ0) is 16.9. The standard InChI is InChI=1S/C19H29NO3/c1-15(13-14-20(2)3)23-18(21)19(22,17-11-7-8-12-17)16-9-5-4-6-10-16/h4-6,9-10,15,17,22H,7-8,11-14H2,1-3H3/t15-,19?/m1/s1. The summed E-state index contributed by atoms with van der Waals surface area (Å²) in [5, 5.41) is 11.3. The molecule has 1 unspecified atom stereocenters. The number of nitrogens with zero attached hydrogens (tertiary/aromatic N) is 1. The molecule has 23 heavy (non-hydrogen) atoms. The molecule has 128 valence electrons. The fourth-order valence-electron chi connectivity index (χ4n) is 3.33. The highest BCUT2D eigenvalue weighted by atomic mass is 16.6. The fraction of sp³-hybridized carbons (Fsp3) is 0.632. The van der Waals surface area contributed by atoms with Crippen LogP contribution in [0.1, 0.15) is 44.6 Å². The van der Waals surface area contributed by atoms with Gasteiger partial charge in [-0.2, -0.15) is 0 Å². The monoisotopic (exact) mass is 319 g/mol. The number of ether oxygens (including phenoxy) is 1. The number of rotatable bonds is 7. The summed E-state index contributed by atoms with van der Waals surface area (Å²) in [5.41, 5.74) is -0.874. The average molecular weight is 319 g/mol. The van der Waals surface area contributed by atoms with E-state index in [2.05, 4.69) is 4.90 Å². The summed E-state index contributed by atoms with van der Waals surface area (Å²) in [6, 6.07) is 9.26. The Bertz CT molecular complexity index is 497. The minimum Gasteiger partial charge on any atom is -0.460 e. The minimum atomic E-state index is -1.52. The predicted octanol–water partition coefficient (Wildman–Crippen LogP) is 2.95. The topological polar surface area (TPSA) is 49.8 Å². The van der Waals surface area contributed by atoms with Crippen LogP contribution in [0.3, 0.4) is 0 Å². The van der Waals surface area contributed by atoms with Crippen LogP contribution in [0.2, 0.25) is 0 Å². The molecule has 2 atom stereocenters. The average Bonchev–Trinajstić information content (AvgIpc) is 3.07. The molecule has 1 N–H and O–H groups in total. The second-order valence-corrected chi connectivity index (χ2v) is 6.92. The van der Waals surface area contributed by atoms with Crippen molar-refractivity contribution in [2.75, 3.05) is 20.6 Å². The maximum atomic E-state index is 12.8. The van der Waals surface area contributed by atoms with E-state index in [-0.39, 0.29) is 12.0 Å². The van der Waals surface area contributed by atoms with Crippen molar-refractivity contribution in [3.8, 4) is 0 Å². The number of esters is 1. The number of carbonyl (C=O) groups is 1. The van der Waals surface area contributed by atoms with E-state index in [1.54, 1.807) is 0 Å². The van der Waals surface area contributed by atoms with E-state index in [1.165, 1.54) is 0 Å². The van der Waals surface area contributed by atoms with Crippen molar-refractivity contribution in [1.82, 2.24) is 4.90 Å². The Morgan fingerprint density at radius 2 is 1.91 bits per heavy atom. The normalized spacial score (nSPS) is 19.5. The first kappa shape index (κ1) is 18.0. The Morgan fingerprint density at radius 1 is 1.30 bits per heavy atom. The van der Waals surface area contributed by atoms with Crippen molar-refractivity contribution in [1.29, 1.82) is 0 Å². The maximum absolute atomic E-state index is 12.8. The van der Waals surface area contributed by atoms with Gasteiger partial charge in [0.2, 0.25) is 0 Å². The molecule has 0 heterocycles. The van der Waals surface area contributed by atoms with Gasteiger partial charge in [0.1, 0.15) is 6.10 Å². The van der Waals surface area contributed by atoms with Gasteiger partial charge >= 0.3 is 5.97 Å². The quantitative estimate of drug-likeness (QED) is 0.785. The van der Waals surface area contributed by atoms with Crippen LogP contribution in [-0.4, -0.2) is 42.7 Å². The molecule has 0 radical (unpaired) electrons. The number of aliphatic hydroxyl groups is 1. The zero-order valence-corrected chi connectivity index (χ0v) is 14.5. The number of carbonyl (C=O) groups excluding carboxylic acids is 1. The van der Waals surface area contributed by atoms with Gasteiger partial charge in [0.05, 0.1) is 0 Å². The molecule has 1 fully saturated rings. The van der Waals surface area contributed by atoms with Gasteiger partial charge in [-0.05, 0) is 45.8 Å². The van der Waals surface area contributed by atoms with Gasteiger partial charge in [0.15, 0.2) is 5.60 Å². The highest BCUT2D eigenvalue weighted by Crippen LogP contribution is 2.41. The van der Waals surface area contributed by atoms with Gasteiger partial charge < -0.3 is 14.7 Å². The summed E-state index contributed by atoms with van der Waals surface area (Å²) in [6.45, 7) is 2.74. The molecule has 0 aliphatic heterocycles. The van der Waals surface area contributed by atoms with E-state index < -0.39 is 11.6 Å². The van der Waals surface area contributed by atoms with Gasteiger partial charge in [0, 0.05) is 12.5 Å². The summed E-state index contributed by atoms with van der Waals surface area (Å²) >= 11 is 0. The summed E-state index contributed by atoms with van der Waals surface area (Å²) in [4.78, 5) is 14.9. The Hall–Kier alpha value is -1.39. The van der Waals surface area contributed by atoms with Crippen LogP contribution in [0, 0.1) is 5.92 Å². The van der Waals surface area contributed by atoms with Gasteiger partial charge in [0.25, 0.3) is 0 Å². The van der Waals surface area contributed by atoms with Crippen molar-refractivity contribution in [3.63, 3.8) is 0 Å². The lowest BCUT2D eigenvalue weighted by atomic mass is 9.80. The van der Waals surface area contributed by atoms with E-state index in [9.17, 15) is 9.90 Å². The molecule has 1 saturated carbocycles.